The Morgan fingerprint density at radius 2 is 1.92 bits per heavy atom. The number of methoxy groups -OCH3 is 1. The summed E-state index contributed by atoms with van der Waals surface area (Å²) >= 11 is 0. The van der Waals surface area contributed by atoms with E-state index < -0.39 is 0 Å². The highest BCUT2D eigenvalue weighted by Crippen LogP contribution is 2.39. The molecule has 1 N–H and O–H groups in total. The molecule has 37 heavy (non-hydrogen) atoms. The number of morpholine rings is 1. The summed E-state index contributed by atoms with van der Waals surface area (Å²) in [7, 11) is 1.61. The SMILES string of the molecule is COc1c(OCCCN2CCOCC2)ccc2c(Nc3ccc(Cc4ccoc4)cc3)c(C#N)cnc12. The predicted octanol–water partition coefficient (Wildman–Crippen LogP) is 5.14. The van der Waals surface area contributed by atoms with Crippen molar-refractivity contribution >= 4 is 22.3 Å². The van der Waals surface area contributed by atoms with E-state index in [1.165, 1.54) is 5.56 Å². The fourth-order valence-electron chi connectivity index (χ4n) is 4.53. The molecule has 0 aliphatic carbocycles. The van der Waals surface area contributed by atoms with Crippen LogP contribution in [0.25, 0.3) is 10.9 Å². The Morgan fingerprint density at radius 1 is 1.08 bits per heavy atom. The number of anilines is 2. The van der Waals surface area contributed by atoms with Crippen LogP contribution in [0.2, 0.25) is 0 Å². The average Bonchev–Trinajstić information content (AvgIpc) is 3.45. The van der Waals surface area contributed by atoms with Crippen LogP contribution >= 0.6 is 0 Å². The molecule has 1 saturated heterocycles. The van der Waals surface area contributed by atoms with E-state index in [0.29, 0.717) is 34.9 Å². The first-order valence-electron chi connectivity index (χ1n) is 12.4. The van der Waals surface area contributed by atoms with Crippen molar-refractivity contribution in [2.24, 2.45) is 0 Å². The van der Waals surface area contributed by atoms with Crippen LogP contribution in [-0.4, -0.2) is 56.4 Å². The maximum absolute atomic E-state index is 9.77. The molecule has 0 saturated carbocycles. The fourth-order valence-corrected chi connectivity index (χ4v) is 4.53. The molecule has 1 aliphatic heterocycles. The molecule has 3 heterocycles. The molecule has 2 aromatic carbocycles. The second-order valence-electron chi connectivity index (χ2n) is 8.94. The Hall–Kier alpha value is -4.06. The molecule has 1 fully saturated rings. The molecule has 2 aromatic heterocycles. The molecule has 190 valence electrons. The maximum atomic E-state index is 9.77. The molecule has 5 rings (SSSR count). The highest BCUT2D eigenvalue weighted by atomic mass is 16.5. The van der Waals surface area contributed by atoms with Crippen LogP contribution in [0.5, 0.6) is 11.5 Å². The van der Waals surface area contributed by atoms with E-state index in [1.54, 1.807) is 25.8 Å². The molecule has 1 aliphatic rings. The minimum Gasteiger partial charge on any atom is -0.491 e. The van der Waals surface area contributed by atoms with Crippen LogP contribution < -0.4 is 14.8 Å². The Bertz CT molecular complexity index is 1360. The molecule has 0 radical (unpaired) electrons. The van der Waals surface area contributed by atoms with Crippen LogP contribution in [0.4, 0.5) is 11.4 Å². The van der Waals surface area contributed by atoms with Crippen molar-refractivity contribution in [1.82, 2.24) is 9.88 Å². The second kappa shape index (κ2) is 11.8. The maximum Gasteiger partial charge on any atom is 0.187 e. The van der Waals surface area contributed by atoms with Gasteiger partial charge in [0.05, 0.1) is 50.7 Å². The molecule has 0 spiro atoms. The smallest absolute Gasteiger partial charge is 0.187 e. The number of rotatable bonds is 10. The molecule has 8 heteroatoms. The van der Waals surface area contributed by atoms with Crippen molar-refractivity contribution in [1.29, 1.82) is 5.26 Å². The van der Waals surface area contributed by atoms with Gasteiger partial charge in [-0.25, -0.2) is 0 Å². The number of nitrogens with zero attached hydrogens (tertiary/aromatic N) is 3. The van der Waals surface area contributed by atoms with Crippen molar-refractivity contribution in [2.75, 3.05) is 51.9 Å². The van der Waals surface area contributed by atoms with Crippen molar-refractivity contribution in [3.63, 3.8) is 0 Å². The number of ether oxygens (including phenoxy) is 3. The first kappa shape index (κ1) is 24.6. The van der Waals surface area contributed by atoms with Crippen molar-refractivity contribution < 1.29 is 18.6 Å². The third-order valence-electron chi connectivity index (χ3n) is 6.47. The van der Waals surface area contributed by atoms with E-state index in [1.807, 2.05) is 30.3 Å². The van der Waals surface area contributed by atoms with Crippen molar-refractivity contribution in [2.45, 2.75) is 12.8 Å². The van der Waals surface area contributed by atoms with Gasteiger partial charge in [-0.05, 0) is 47.9 Å². The zero-order valence-corrected chi connectivity index (χ0v) is 20.9. The number of hydrogen-bond donors (Lipinski definition) is 1. The third-order valence-corrected chi connectivity index (χ3v) is 6.47. The Balaban J connectivity index is 1.33. The van der Waals surface area contributed by atoms with Gasteiger partial charge in [-0.15, -0.1) is 0 Å². The van der Waals surface area contributed by atoms with Crippen LogP contribution in [0, 0.1) is 11.3 Å². The van der Waals surface area contributed by atoms with E-state index in [0.717, 1.165) is 62.3 Å². The summed E-state index contributed by atoms with van der Waals surface area (Å²) in [5, 5.41) is 14.0. The number of hydrogen-bond acceptors (Lipinski definition) is 8. The molecule has 0 bridgehead atoms. The second-order valence-corrected chi connectivity index (χ2v) is 8.94. The van der Waals surface area contributed by atoms with Gasteiger partial charge in [0, 0.05) is 43.3 Å². The van der Waals surface area contributed by atoms with Gasteiger partial charge in [0.25, 0.3) is 0 Å². The van der Waals surface area contributed by atoms with Gasteiger partial charge in [0.2, 0.25) is 0 Å². The summed E-state index contributed by atoms with van der Waals surface area (Å²) in [5.41, 5.74) is 4.96. The summed E-state index contributed by atoms with van der Waals surface area (Å²) in [5.74, 6) is 1.20. The largest absolute Gasteiger partial charge is 0.491 e. The zero-order chi connectivity index (χ0) is 25.5. The lowest BCUT2D eigenvalue weighted by molar-refractivity contribution is 0.0357. The van der Waals surface area contributed by atoms with Gasteiger partial charge >= 0.3 is 0 Å². The summed E-state index contributed by atoms with van der Waals surface area (Å²) in [6.07, 6.45) is 6.71. The molecule has 0 amide bonds. The van der Waals surface area contributed by atoms with Gasteiger partial charge in [-0.1, -0.05) is 12.1 Å². The summed E-state index contributed by atoms with van der Waals surface area (Å²) < 4.78 is 22.4. The van der Waals surface area contributed by atoms with Gasteiger partial charge in [-0.3, -0.25) is 9.88 Å². The topological polar surface area (TPSA) is 92.8 Å². The lowest BCUT2D eigenvalue weighted by atomic mass is 10.1. The molecule has 0 unspecified atom stereocenters. The highest BCUT2D eigenvalue weighted by molar-refractivity contribution is 5.99. The highest BCUT2D eigenvalue weighted by Gasteiger charge is 2.17. The number of benzene rings is 2. The molecule has 4 aromatic rings. The minimum absolute atomic E-state index is 0.455. The van der Waals surface area contributed by atoms with Crippen molar-refractivity contribution in [3.05, 3.63) is 77.9 Å². The van der Waals surface area contributed by atoms with Crippen LogP contribution in [-0.2, 0) is 11.2 Å². The predicted molar refractivity (Wildman–Crippen MR) is 142 cm³/mol. The third kappa shape index (κ3) is 5.85. The number of nitriles is 1. The van der Waals surface area contributed by atoms with E-state index in [4.69, 9.17) is 18.6 Å². The minimum atomic E-state index is 0.455. The first-order valence-corrected chi connectivity index (χ1v) is 12.4. The molecular formula is C29H30N4O4. The van der Waals surface area contributed by atoms with E-state index in [9.17, 15) is 5.26 Å². The Kier molecular flexibility index (Phi) is 7.84. The normalized spacial score (nSPS) is 13.8. The van der Waals surface area contributed by atoms with Crippen LogP contribution in [0.1, 0.15) is 23.1 Å². The summed E-state index contributed by atoms with van der Waals surface area (Å²) in [6, 6.07) is 16.2. The van der Waals surface area contributed by atoms with Gasteiger partial charge in [-0.2, -0.15) is 5.26 Å². The van der Waals surface area contributed by atoms with E-state index in [-0.39, 0.29) is 0 Å². The number of fused-ring (bicyclic) bond motifs is 1. The summed E-state index contributed by atoms with van der Waals surface area (Å²) in [4.78, 5) is 6.93. The monoisotopic (exact) mass is 498 g/mol. The molecular weight excluding hydrogens is 468 g/mol. The molecule has 8 nitrogen and oxygen atoms in total. The standard InChI is InChI=1S/C29H30N4O4/c1-34-29-26(37-13-2-10-33-11-15-35-16-12-33)8-7-25-27(23(18-30)19-31-28(25)29)32-24-5-3-21(4-6-24)17-22-9-14-36-20-22/h3-9,14,19-20H,2,10-13,15-17H2,1H3,(H,31,32). The Morgan fingerprint density at radius 3 is 2.65 bits per heavy atom. The van der Waals surface area contributed by atoms with E-state index in [2.05, 4.69) is 33.4 Å². The quantitative estimate of drug-likeness (QED) is 0.300. The summed E-state index contributed by atoms with van der Waals surface area (Å²) in [6.45, 7) is 5.06. The number of nitrogens with one attached hydrogen (secondary N) is 1. The molecule has 0 atom stereocenters. The first-order chi connectivity index (χ1) is 18.2. The lowest BCUT2D eigenvalue weighted by Gasteiger charge is -2.26. The number of aromatic nitrogens is 1. The van der Waals surface area contributed by atoms with Crippen LogP contribution in [0.15, 0.2) is 65.6 Å². The van der Waals surface area contributed by atoms with Crippen LogP contribution in [0.3, 0.4) is 0 Å². The van der Waals surface area contributed by atoms with Gasteiger partial charge < -0.3 is 23.9 Å². The Labute approximate surface area is 216 Å². The van der Waals surface area contributed by atoms with Gasteiger partial charge in [0.15, 0.2) is 11.5 Å². The zero-order valence-electron chi connectivity index (χ0n) is 20.9. The van der Waals surface area contributed by atoms with E-state index >= 15 is 0 Å². The lowest BCUT2D eigenvalue weighted by Crippen LogP contribution is -2.37. The van der Waals surface area contributed by atoms with Gasteiger partial charge in [0.1, 0.15) is 11.6 Å². The fraction of sp³-hybridized carbons (Fsp3) is 0.310. The average molecular weight is 499 g/mol. The van der Waals surface area contributed by atoms with Crippen molar-refractivity contribution in [3.8, 4) is 17.6 Å². The number of furan rings is 1. The number of pyridine rings is 1.